The van der Waals surface area contributed by atoms with Crippen LogP contribution in [0.4, 0.5) is 0 Å². The molecule has 23 heavy (non-hydrogen) atoms. The van der Waals surface area contributed by atoms with E-state index in [-0.39, 0.29) is 0 Å². The molecule has 0 aromatic carbocycles. The maximum atomic E-state index is 11.0. The quantitative estimate of drug-likeness (QED) is 0.307. The SMILES string of the molecule is [B]OC(=O)/C=C(\C)CCC[C@H](C)CCC[C@H](C)CCCC(C)C. The lowest BCUT2D eigenvalue weighted by Gasteiger charge is -2.15. The fraction of sp³-hybridized carbons (Fsp3) is 0.850. The van der Waals surface area contributed by atoms with Gasteiger partial charge in [-0.05, 0) is 37.5 Å². The van der Waals surface area contributed by atoms with Crippen molar-refractivity contribution in [2.45, 2.75) is 92.4 Å². The maximum absolute atomic E-state index is 11.0. The molecule has 0 rings (SSSR count). The van der Waals surface area contributed by atoms with Crippen LogP contribution < -0.4 is 0 Å². The number of carbonyl (C=O) groups excluding carboxylic acids is 1. The molecule has 0 aliphatic heterocycles. The molecule has 2 radical (unpaired) electrons. The zero-order chi connectivity index (χ0) is 17.7. The highest BCUT2D eigenvalue weighted by Crippen LogP contribution is 2.22. The summed E-state index contributed by atoms with van der Waals surface area (Å²) >= 11 is 0. The molecular formula is C20H37BO2. The maximum Gasteiger partial charge on any atom is 0.378 e. The Kier molecular flexibility index (Phi) is 13.3. The first kappa shape index (κ1) is 22.3. The van der Waals surface area contributed by atoms with Gasteiger partial charge in [-0.15, -0.1) is 0 Å². The fourth-order valence-electron chi connectivity index (χ4n) is 3.01. The molecule has 0 aliphatic carbocycles. The van der Waals surface area contributed by atoms with E-state index < -0.39 is 5.97 Å². The third-order valence-electron chi connectivity index (χ3n) is 4.62. The van der Waals surface area contributed by atoms with Crippen molar-refractivity contribution in [1.82, 2.24) is 0 Å². The molecule has 0 spiro atoms. The van der Waals surface area contributed by atoms with Gasteiger partial charge in [0.25, 0.3) is 0 Å². The summed E-state index contributed by atoms with van der Waals surface area (Å²) < 4.78 is 4.15. The number of rotatable bonds is 13. The summed E-state index contributed by atoms with van der Waals surface area (Å²) in [4.78, 5) is 11.0. The van der Waals surface area contributed by atoms with Gasteiger partial charge < -0.3 is 4.65 Å². The Bertz CT molecular complexity index is 337. The topological polar surface area (TPSA) is 26.3 Å². The molecule has 2 nitrogen and oxygen atoms in total. The summed E-state index contributed by atoms with van der Waals surface area (Å²) in [5.41, 5.74) is 1.05. The van der Waals surface area contributed by atoms with Crippen LogP contribution in [0.2, 0.25) is 0 Å². The molecule has 0 amide bonds. The molecule has 0 N–H and O–H groups in total. The summed E-state index contributed by atoms with van der Waals surface area (Å²) in [7, 11) is 4.83. The lowest BCUT2D eigenvalue weighted by molar-refractivity contribution is -0.128. The monoisotopic (exact) mass is 320 g/mol. The van der Waals surface area contributed by atoms with E-state index in [1.807, 2.05) is 6.92 Å². The standard InChI is InChI=1S/C20H37BO2/c1-16(2)9-6-10-17(3)11-7-12-18(4)13-8-14-19(5)15-20(22)23-21/h15-18H,6-14H2,1-5H3/b19-15+/t17-,18-/m1/s1. The Balaban J connectivity index is 3.65. The Morgan fingerprint density at radius 1 is 0.913 bits per heavy atom. The number of hydrogen-bond acceptors (Lipinski definition) is 2. The third-order valence-corrected chi connectivity index (χ3v) is 4.62. The lowest BCUT2D eigenvalue weighted by Crippen LogP contribution is -2.00. The minimum Gasteiger partial charge on any atom is -0.540 e. The Hall–Kier alpha value is -0.725. The van der Waals surface area contributed by atoms with Crippen molar-refractivity contribution in [3.8, 4) is 0 Å². The molecule has 0 saturated carbocycles. The summed E-state index contributed by atoms with van der Waals surface area (Å²) in [6, 6.07) is 0. The molecule has 0 saturated heterocycles. The fourth-order valence-corrected chi connectivity index (χ4v) is 3.01. The van der Waals surface area contributed by atoms with Crippen LogP contribution in [-0.2, 0) is 9.45 Å². The number of hydrogen-bond donors (Lipinski definition) is 0. The van der Waals surface area contributed by atoms with Crippen molar-refractivity contribution in [3.05, 3.63) is 11.6 Å². The van der Waals surface area contributed by atoms with E-state index in [0.717, 1.165) is 36.2 Å². The van der Waals surface area contributed by atoms with E-state index in [1.165, 1.54) is 51.0 Å². The largest absolute Gasteiger partial charge is 0.540 e. The van der Waals surface area contributed by atoms with Gasteiger partial charge >= 0.3 is 14.0 Å². The van der Waals surface area contributed by atoms with Crippen LogP contribution in [0.3, 0.4) is 0 Å². The van der Waals surface area contributed by atoms with Gasteiger partial charge in [-0.3, -0.25) is 0 Å². The van der Waals surface area contributed by atoms with Crippen molar-refractivity contribution in [1.29, 1.82) is 0 Å². The Morgan fingerprint density at radius 2 is 1.39 bits per heavy atom. The van der Waals surface area contributed by atoms with Crippen LogP contribution in [0.1, 0.15) is 92.4 Å². The van der Waals surface area contributed by atoms with Gasteiger partial charge in [0.05, 0.1) is 0 Å². The van der Waals surface area contributed by atoms with Crippen molar-refractivity contribution < 1.29 is 9.45 Å². The van der Waals surface area contributed by atoms with E-state index in [0.29, 0.717) is 0 Å². The van der Waals surface area contributed by atoms with Crippen molar-refractivity contribution in [2.24, 2.45) is 17.8 Å². The second-order valence-corrected chi connectivity index (χ2v) is 7.79. The molecule has 0 bridgehead atoms. The summed E-state index contributed by atoms with van der Waals surface area (Å²) in [6.45, 7) is 11.3. The highest BCUT2D eigenvalue weighted by atomic mass is 16.5. The third kappa shape index (κ3) is 14.6. The molecule has 0 aromatic heterocycles. The summed E-state index contributed by atoms with van der Waals surface area (Å²) in [5.74, 6) is 2.02. The van der Waals surface area contributed by atoms with Gasteiger partial charge in [-0.25, -0.2) is 4.79 Å². The van der Waals surface area contributed by atoms with E-state index >= 15 is 0 Å². The predicted octanol–water partition coefficient (Wildman–Crippen LogP) is 6.00. The van der Waals surface area contributed by atoms with Crippen LogP contribution in [0.5, 0.6) is 0 Å². The molecule has 0 aromatic rings. The first-order chi connectivity index (χ1) is 10.8. The van der Waals surface area contributed by atoms with Gasteiger partial charge in [0.1, 0.15) is 0 Å². The molecule has 132 valence electrons. The molecule has 2 atom stereocenters. The van der Waals surface area contributed by atoms with Crippen LogP contribution in [0.25, 0.3) is 0 Å². The van der Waals surface area contributed by atoms with Crippen LogP contribution >= 0.6 is 0 Å². The van der Waals surface area contributed by atoms with Gasteiger partial charge in [0, 0.05) is 6.08 Å². The zero-order valence-corrected chi connectivity index (χ0v) is 16.1. The molecule has 0 aliphatic rings. The predicted molar refractivity (Wildman–Crippen MR) is 100 cm³/mol. The molecule has 0 unspecified atom stereocenters. The number of allylic oxidation sites excluding steroid dienone is 1. The minimum atomic E-state index is -0.456. The van der Waals surface area contributed by atoms with Crippen molar-refractivity contribution in [3.63, 3.8) is 0 Å². The van der Waals surface area contributed by atoms with Crippen molar-refractivity contribution >= 4 is 14.0 Å². The summed E-state index contributed by atoms with van der Waals surface area (Å²) in [6.07, 6.45) is 13.0. The number of carbonyl (C=O) groups is 1. The highest BCUT2D eigenvalue weighted by molar-refractivity contribution is 6.07. The minimum absolute atomic E-state index is 0.456. The molecule has 0 heterocycles. The molecular weight excluding hydrogens is 283 g/mol. The molecule has 3 heteroatoms. The Morgan fingerprint density at radius 3 is 1.87 bits per heavy atom. The van der Waals surface area contributed by atoms with Crippen LogP contribution in [0.15, 0.2) is 11.6 Å². The summed E-state index contributed by atoms with van der Waals surface area (Å²) in [5, 5.41) is 0. The van der Waals surface area contributed by atoms with Gasteiger partial charge in [-0.1, -0.05) is 78.2 Å². The Labute approximate surface area is 145 Å². The second-order valence-electron chi connectivity index (χ2n) is 7.79. The second kappa shape index (κ2) is 13.7. The zero-order valence-electron chi connectivity index (χ0n) is 16.1. The first-order valence-corrected chi connectivity index (χ1v) is 9.43. The van der Waals surface area contributed by atoms with E-state index in [2.05, 4.69) is 32.3 Å². The lowest BCUT2D eigenvalue weighted by atomic mass is 9.91. The average molecular weight is 320 g/mol. The van der Waals surface area contributed by atoms with Crippen LogP contribution in [0, 0.1) is 17.8 Å². The van der Waals surface area contributed by atoms with Gasteiger partial charge in [0.2, 0.25) is 0 Å². The van der Waals surface area contributed by atoms with E-state index in [1.54, 1.807) is 0 Å². The average Bonchev–Trinajstić information content (AvgIpc) is 2.46. The van der Waals surface area contributed by atoms with Crippen molar-refractivity contribution in [2.75, 3.05) is 0 Å². The first-order valence-electron chi connectivity index (χ1n) is 9.43. The van der Waals surface area contributed by atoms with Gasteiger partial charge in [-0.2, -0.15) is 0 Å². The van der Waals surface area contributed by atoms with Crippen LogP contribution in [-0.4, -0.2) is 14.0 Å². The highest BCUT2D eigenvalue weighted by Gasteiger charge is 2.07. The smallest absolute Gasteiger partial charge is 0.378 e. The normalized spacial score (nSPS) is 14.8. The van der Waals surface area contributed by atoms with Gasteiger partial charge in [0.15, 0.2) is 0 Å². The molecule has 0 fully saturated rings. The van der Waals surface area contributed by atoms with E-state index in [4.69, 9.17) is 8.05 Å². The van der Waals surface area contributed by atoms with E-state index in [9.17, 15) is 4.79 Å².